The summed E-state index contributed by atoms with van der Waals surface area (Å²) in [7, 11) is 0. The molecule has 4 N–H and O–H groups in total. The maximum atomic E-state index is 13.1. The molecule has 5 nitrogen and oxygen atoms in total. The highest BCUT2D eigenvalue weighted by Gasteiger charge is 2.22. The molecular weight excluding hydrogens is 484 g/mol. The van der Waals surface area contributed by atoms with Crippen molar-refractivity contribution in [2.24, 2.45) is 10.7 Å². The average Bonchev–Trinajstić information content (AvgIpc) is 2.68. The van der Waals surface area contributed by atoms with Crippen LogP contribution in [-0.4, -0.2) is 17.6 Å². The SMILES string of the molecule is CC(O)(CN=C(N)Nc1cccc(Oc2ccccc2)c1)c1ccc(F)cc1.I. The lowest BCUT2D eigenvalue weighted by atomic mass is 9.96. The molecule has 0 aliphatic carbocycles. The first-order valence-corrected chi connectivity index (χ1v) is 8.81. The van der Waals surface area contributed by atoms with Crippen molar-refractivity contribution in [3.05, 3.63) is 90.2 Å². The van der Waals surface area contributed by atoms with Crippen LogP contribution in [0, 0.1) is 5.82 Å². The largest absolute Gasteiger partial charge is 0.457 e. The van der Waals surface area contributed by atoms with Crippen molar-refractivity contribution in [3.8, 4) is 11.5 Å². The zero-order valence-electron chi connectivity index (χ0n) is 15.9. The Morgan fingerprint density at radius 2 is 1.69 bits per heavy atom. The summed E-state index contributed by atoms with van der Waals surface area (Å²) in [5, 5.41) is 13.5. The molecule has 0 saturated carbocycles. The van der Waals surface area contributed by atoms with Crippen molar-refractivity contribution in [3.63, 3.8) is 0 Å². The Morgan fingerprint density at radius 3 is 2.38 bits per heavy atom. The predicted molar refractivity (Wildman–Crippen MR) is 124 cm³/mol. The third-order valence-electron chi connectivity index (χ3n) is 4.11. The second kappa shape index (κ2) is 10.2. The molecule has 0 amide bonds. The summed E-state index contributed by atoms with van der Waals surface area (Å²) < 4.78 is 18.8. The number of hydrogen-bond donors (Lipinski definition) is 3. The quantitative estimate of drug-likeness (QED) is 0.253. The van der Waals surface area contributed by atoms with Crippen molar-refractivity contribution in [1.82, 2.24) is 0 Å². The van der Waals surface area contributed by atoms with Gasteiger partial charge in [0.2, 0.25) is 0 Å². The molecule has 7 heteroatoms. The van der Waals surface area contributed by atoms with Gasteiger partial charge in [-0.15, -0.1) is 24.0 Å². The van der Waals surface area contributed by atoms with E-state index in [1.54, 1.807) is 13.0 Å². The monoisotopic (exact) mass is 507 g/mol. The zero-order valence-corrected chi connectivity index (χ0v) is 18.2. The van der Waals surface area contributed by atoms with Crippen molar-refractivity contribution in [2.75, 3.05) is 11.9 Å². The van der Waals surface area contributed by atoms with E-state index < -0.39 is 5.60 Å². The van der Waals surface area contributed by atoms with Crippen molar-refractivity contribution >= 4 is 35.6 Å². The van der Waals surface area contributed by atoms with Gasteiger partial charge in [-0.1, -0.05) is 36.4 Å². The van der Waals surface area contributed by atoms with Crippen LogP contribution in [0.15, 0.2) is 83.9 Å². The molecule has 0 radical (unpaired) electrons. The van der Waals surface area contributed by atoms with Crippen LogP contribution in [0.25, 0.3) is 0 Å². The number of aliphatic hydroxyl groups is 1. The van der Waals surface area contributed by atoms with Crippen LogP contribution >= 0.6 is 24.0 Å². The van der Waals surface area contributed by atoms with Crippen LogP contribution in [0.5, 0.6) is 11.5 Å². The molecule has 3 aromatic carbocycles. The Morgan fingerprint density at radius 1 is 1.03 bits per heavy atom. The third-order valence-corrected chi connectivity index (χ3v) is 4.11. The van der Waals surface area contributed by atoms with Gasteiger partial charge < -0.3 is 20.9 Å². The van der Waals surface area contributed by atoms with E-state index in [-0.39, 0.29) is 42.3 Å². The first-order chi connectivity index (χ1) is 13.4. The van der Waals surface area contributed by atoms with Gasteiger partial charge in [-0.25, -0.2) is 9.38 Å². The van der Waals surface area contributed by atoms with Gasteiger partial charge in [-0.2, -0.15) is 0 Å². The lowest BCUT2D eigenvalue weighted by molar-refractivity contribution is 0.0673. The number of hydrogen-bond acceptors (Lipinski definition) is 3. The average molecular weight is 507 g/mol. The minimum absolute atomic E-state index is 0. The molecule has 0 spiro atoms. The van der Waals surface area contributed by atoms with Crippen LogP contribution in [0.1, 0.15) is 12.5 Å². The molecule has 0 bridgehead atoms. The molecule has 0 fully saturated rings. The Kier molecular flexibility index (Phi) is 7.98. The second-order valence-electron chi connectivity index (χ2n) is 6.55. The summed E-state index contributed by atoms with van der Waals surface area (Å²) in [5.74, 6) is 1.18. The van der Waals surface area contributed by atoms with E-state index in [4.69, 9.17) is 10.5 Å². The van der Waals surface area contributed by atoms with E-state index in [2.05, 4.69) is 10.3 Å². The van der Waals surface area contributed by atoms with Crippen LogP contribution in [-0.2, 0) is 5.60 Å². The standard InChI is InChI=1S/C22H22FN3O2.HI/c1-22(27,16-10-12-17(23)13-11-16)15-25-21(24)26-18-6-5-9-20(14-18)28-19-7-3-2-4-8-19;/h2-14,27H,15H2,1H3,(H3,24,25,26);1H. The minimum atomic E-state index is -1.27. The summed E-state index contributed by atoms with van der Waals surface area (Å²) in [6, 6.07) is 22.4. The molecule has 152 valence electrons. The summed E-state index contributed by atoms with van der Waals surface area (Å²) in [5.41, 5.74) is 5.94. The highest BCUT2D eigenvalue weighted by Crippen LogP contribution is 2.24. The lowest BCUT2D eigenvalue weighted by Gasteiger charge is -2.22. The molecule has 0 heterocycles. The number of ether oxygens (including phenoxy) is 1. The molecule has 0 aromatic heterocycles. The number of nitrogens with zero attached hydrogens (tertiary/aromatic N) is 1. The molecule has 0 saturated heterocycles. The van der Waals surface area contributed by atoms with Gasteiger partial charge >= 0.3 is 0 Å². The normalized spacial score (nSPS) is 13.1. The van der Waals surface area contributed by atoms with E-state index >= 15 is 0 Å². The van der Waals surface area contributed by atoms with Gasteiger partial charge in [0, 0.05) is 11.8 Å². The highest BCUT2D eigenvalue weighted by atomic mass is 127. The summed E-state index contributed by atoms with van der Waals surface area (Å²) in [6.07, 6.45) is 0. The van der Waals surface area contributed by atoms with Crippen LogP contribution in [0.3, 0.4) is 0 Å². The third kappa shape index (κ3) is 6.72. The topological polar surface area (TPSA) is 79.9 Å². The smallest absolute Gasteiger partial charge is 0.193 e. The van der Waals surface area contributed by atoms with Gasteiger partial charge in [0.25, 0.3) is 0 Å². The molecular formula is C22H23FIN3O2. The van der Waals surface area contributed by atoms with Crippen LogP contribution < -0.4 is 15.8 Å². The molecule has 3 aromatic rings. The Balaban J connectivity index is 0.00000300. The second-order valence-corrected chi connectivity index (χ2v) is 6.55. The Hall–Kier alpha value is -2.65. The number of benzene rings is 3. The van der Waals surface area contributed by atoms with E-state index in [1.165, 1.54) is 24.3 Å². The summed E-state index contributed by atoms with van der Waals surface area (Å²) in [6.45, 7) is 1.63. The Labute approximate surface area is 186 Å². The van der Waals surface area contributed by atoms with E-state index in [1.807, 2.05) is 48.5 Å². The fourth-order valence-corrected chi connectivity index (χ4v) is 2.59. The van der Waals surface area contributed by atoms with Gasteiger partial charge in [0.15, 0.2) is 5.96 Å². The Bertz CT molecular complexity index is 948. The summed E-state index contributed by atoms with van der Waals surface area (Å²) >= 11 is 0. The first-order valence-electron chi connectivity index (χ1n) is 8.81. The summed E-state index contributed by atoms with van der Waals surface area (Å²) in [4.78, 5) is 4.20. The molecule has 0 aliphatic heterocycles. The minimum Gasteiger partial charge on any atom is -0.457 e. The number of nitrogens with one attached hydrogen (secondary N) is 1. The van der Waals surface area contributed by atoms with Gasteiger partial charge in [0.05, 0.1) is 6.54 Å². The van der Waals surface area contributed by atoms with Gasteiger partial charge in [-0.3, -0.25) is 0 Å². The van der Waals surface area contributed by atoms with Gasteiger partial charge in [-0.05, 0) is 48.9 Å². The fourth-order valence-electron chi connectivity index (χ4n) is 2.59. The van der Waals surface area contributed by atoms with E-state index in [0.717, 1.165) is 5.75 Å². The van der Waals surface area contributed by atoms with Crippen LogP contribution in [0.2, 0.25) is 0 Å². The van der Waals surface area contributed by atoms with Crippen molar-refractivity contribution in [1.29, 1.82) is 0 Å². The number of para-hydroxylation sites is 1. The fraction of sp³-hybridized carbons (Fsp3) is 0.136. The molecule has 1 unspecified atom stereocenters. The van der Waals surface area contributed by atoms with Gasteiger partial charge in [0.1, 0.15) is 22.9 Å². The lowest BCUT2D eigenvalue weighted by Crippen LogP contribution is -2.29. The number of halogens is 2. The molecule has 3 rings (SSSR count). The highest BCUT2D eigenvalue weighted by molar-refractivity contribution is 14.0. The maximum Gasteiger partial charge on any atom is 0.193 e. The maximum absolute atomic E-state index is 13.1. The predicted octanol–water partition coefficient (Wildman–Crippen LogP) is 4.87. The number of guanidine groups is 1. The number of anilines is 1. The number of aliphatic imine (C=N–C) groups is 1. The van der Waals surface area contributed by atoms with E-state index in [9.17, 15) is 9.50 Å². The van der Waals surface area contributed by atoms with Crippen molar-refractivity contribution in [2.45, 2.75) is 12.5 Å². The van der Waals surface area contributed by atoms with Crippen molar-refractivity contribution < 1.29 is 14.2 Å². The number of nitrogens with two attached hydrogens (primary N) is 1. The molecule has 29 heavy (non-hydrogen) atoms. The van der Waals surface area contributed by atoms with E-state index in [0.29, 0.717) is 17.0 Å². The molecule has 0 aliphatic rings. The zero-order chi connectivity index (χ0) is 20.0. The number of rotatable bonds is 6. The first kappa shape index (κ1) is 22.6. The van der Waals surface area contributed by atoms with Crippen LogP contribution in [0.4, 0.5) is 10.1 Å². The molecule has 1 atom stereocenters.